The SMILES string of the molecule is O=C(Nc1ccc(S(=O)(=O)Nc2cccc3c(O)c(S(=O)(=O)O)ccc23)cc1)Nc1ccc(S(=O)(=O)Nc2cccc3c(O)c(S(=O)(=O)O)ccc23)cc1. The van der Waals surface area contributed by atoms with Gasteiger partial charge in [0.25, 0.3) is 40.3 Å². The van der Waals surface area contributed by atoms with Crippen LogP contribution in [0.25, 0.3) is 21.5 Å². The molecule has 0 radical (unpaired) electrons. The number of urea groups is 1. The molecule has 0 unspecified atom stereocenters. The van der Waals surface area contributed by atoms with Crippen LogP contribution in [-0.4, -0.2) is 59.0 Å². The summed E-state index contributed by atoms with van der Waals surface area (Å²) in [7, 11) is -18.0. The number of sulfonamides is 2. The highest BCUT2D eigenvalue weighted by atomic mass is 32.2. The van der Waals surface area contributed by atoms with Gasteiger partial charge < -0.3 is 20.8 Å². The molecule has 0 atom stereocenters. The van der Waals surface area contributed by atoms with Crippen LogP contribution in [0.5, 0.6) is 11.5 Å². The molecule has 8 N–H and O–H groups in total. The molecule has 0 aliphatic heterocycles. The van der Waals surface area contributed by atoms with Crippen molar-refractivity contribution in [1.82, 2.24) is 0 Å². The standard InChI is InChI=1S/C33H26N4O13S4/c38-31-25-3-1-5-27(23(25)15-17-29(31)53(45,46)47)36-51(41,42)21-11-7-19(8-12-21)34-33(40)35-20-9-13-22(14-10-20)52(43,44)37-28-6-2-4-26-24(28)16-18-30(32(26)39)54(48,49)50/h1-18,36-39H,(H2,34,35,40)(H,45,46,47)(H,48,49,50). The maximum Gasteiger partial charge on any atom is 0.323 e. The second kappa shape index (κ2) is 13.8. The van der Waals surface area contributed by atoms with Crippen molar-refractivity contribution in [1.29, 1.82) is 0 Å². The van der Waals surface area contributed by atoms with Gasteiger partial charge in [0.2, 0.25) is 0 Å². The van der Waals surface area contributed by atoms with Gasteiger partial charge in [-0.1, -0.05) is 36.4 Å². The Morgan fingerprint density at radius 3 is 1.13 bits per heavy atom. The fraction of sp³-hybridized carbons (Fsp3) is 0. The van der Waals surface area contributed by atoms with Crippen molar-refractivity contribution >= 4 is 90.6 Å². The lowest BCUT2D eigenvalue weighted by atomic mass is 10.1. The van der Waals surface area contributed by atoms with E-state index in [2.05, 4.69) is 20.1 Å². The predicted molar refractivity (Wildman–Crippen MR) is 198 cm³/mol. The Balaban J connectivity index is 1.11. The molecule has 6 aromatic carbocycles. The number of rotatable bonds is 10. The number of hydrogen-bond acceptors (Lipinski definition) is 11. The van der Waals surface area contributed by atoms with E-state index in [1.54, 1.807) is 0 Å². The van der Waals surface area contributed by atoms with E-state index in [1.807, 2.05) is 0 Å². The van der Waals surface area contributed by atoms with E-state index in [9.17, 15) is 57.8 Å². The zero-order chi connectivity index (χ0) is 39.2. The number of hydrogen-bond donors (Lipinski definition) is 8. The van der Waals surface area contributed by atoms with Crippen LogP contribution in [0.1, 0.15) is 0 Å². The third kappa shape index (κ3) is 7.71. The highest BCUT2D eigenvalue weighted by Crippen LogP contribution is 2.37. The first-order valence-corrected chi connectivity index (χ1v) is 20.9. The molecule has 21 heteroatoms. The van der Waals surface area contributed by atoms with Gasteiger partial charge in [-0.2, -0.15) is 16.8 Å². The second-order valence-electron chi connectivity index (χ2n) is 11.4. The lowest BCUT2D eigenvalue weighted by Gasteiger charge is -2.14. The lowest BCUT2D eigenvalue weighted by Crippen LogP contribution is -2.20. The number of carbonyl (C=O) groups excluding carboxylic acids is 1. The summed E-state index contributed by atoms with van der Waals surface area (Å²) in [5, 5.41) is 26.0. The average Bonchev–Trinajstić information content (AvgIpc) is 3.08. The molecule has 280 valence electrons. The summed E-state index contributed by atoms with van der Waals surface area (Å²) in [6, 6.07) is 21.8. The van der Waals surface area contributed by atoms with Gasteiger partial charge >= 0.3 is 6.03 Å². The van der Waals surface area contributed by atoms with E-state index in [4.69, 9.17) is 0 Å². The van der Waals surface area contributed by atoms with Gasteiger partial charge in [-0.25, -0.2) is 21.6 Å². The maximum atomic E-state index is 13.2. The van der Waals surface area contributed by atoms with Crippen molar-refractivity contribution in [2.24, 2.45) is 0 Å². The van der Waals surface area contributed by atoms with E-state index < -0.39 is 67.6 Å². The van der Waals surface area contributed by atoms with Crippen LogP contribution >= 0.6 is 0 Å². The molecule has 6 rings (SSSR count). The number of nitrogens with one attached hydrogen (secondary N) is 4. The minimum Gasteiger partial charge on any atom is -0.506 e. The van der Waals surface area contributed by atoms with Gasteiger partial charge in [0.15, 0.2) is 0 Å². The Morgan fingerprint density at radius 2 is 0.796 bits per heavy atom. The molecular weight excluding hydrogens is 789 g/mol. The number of phenolic OH excluding ortho intramolecular Hbond substituents is 2. The lowest BCUT2D eigenvalue weighted by molar-refractivity contribution is 0.262. The van der Waals surface area contributed by atoms with Crippen molar-refractivity contribution in [3.8, 4) is 11.5 Å². The van der Waals surface area contributed by atoms with Crippen LogP contribution < -0.4 is 20.1 Å². The Kier molecular flexibility index (Phi) is 9.64. The number of benzene rings is 6. The molecule has 0 saturated heterocycles. The summed E-state index contributed by atoms with van der Waals surface area (Å²) >= 11 is 0. The maximum absolute atomic E-state index is 13.2. The van der Waals surface area contributed by atoms with Gasteiger partial charge in [-0.05, 0) is 72.8 Å². The predicted octanol–water partition coefficient (Wildman–Crippen LogP) is 5.14. The van der Waals surface area contributed by atoms with Gasteiger partial charge in [0.05, 0.1) is 21.2 Å². The minimum atomic E-state index is -4.75. The van der Waals surface area contributed by atoms with Gasteiger partial charge in [0, 0.05) is 32.9 Å². The Morgan fingerprint density at radius 1 is 0.444 bits per heavy atom. The third-order valence-corrected chi connectivity index (χ3v) is 12.4. The summed E-state index contributed by atoms with van der Waals surface area (Å²) in [6.07, 6.45) is 0. The first-order chi connectivity index (χ1) is 25.2. The van der Waals surface area contributed by atoms with Crippen LogP contribution in [0.2, 0.25) is 0 Å². The molecule has 0 aliphatic carbocycles. The fourth-order valence-electron chi connectivity index (χ4n) is 5.37. The van der Waals surface area contributed by atoms with Crippen LogP contribution in [0.3, 0.4) is 0 Å². The molecule has 0 bridgehead atoms. The summed E-state index contributed by atoms with van der Waals surface area (Å²) in [6.45, 7) is 0. The van der Waals surface area contributed by atoms with Crippen molar-refractivity contribution in [2.45, 2.75) is 19.6 Å². The number of phenols is 2. The summed E-state index contributed by atoms with van der Waals surface area (Å²) in [4.78, 5) is 10.8. The first kappa shape index (κ1) is 37.8. The van der Waals surface area contributed by atoms with Crippen LogP contribution in [0.15, 0.2) is 129 Å². The zero-order valence-electron chi connectivity index (χ0n) is 27.0. The number of amides is 2. The largest absolute Gasteiger partial charge is 0.506 e. The molecule has 0 aromatic heterocycles. The second-order valence-corrected chi connectivity index (χ2v) is 17.6. The Hall–Kier alpha value is -5.97. The van der Waals surface area contributed by atoms with Crippen LogP contribution in [0, 0.1) is 0 Å². The minimum absolute atomic E-state index is 0.00609. The van der Waals surface area contributed by atoms with E-state index in [-0.39, 0.29) is 54.1 Å². The van der Waals surface area contributed by atoms with Crippen molar-refractivity contribution in [2.75, 3.05) is 20.1 Å². The zero-order valence-corrected chi connectivity index (χ0v) is 30.3. The van der Waals surface area contributed by atoms with Crippen molar-refractivity contribution in [3.05, 3.63) is 109 Å². The molecule has 0 fully saturated rings. The normalized spacial score (nSPS) is 12.3. The smallest absolute Gasteiger partial charge is 0.323 e. The van der Waals surface area contributed by atoms with Gasteiger partial charge in [-0.3, -0.25) is 18.5 Å². The molecule has 54 heavy (non-hydrogen) atoms. The molecule has 0 heterocycles. The molecule has 17 nitrogen and oxygen atoms in total. The number of fused-ring (bicyclic) bond motifs is 2. The Bertz CT molecular complexity index is 2740. The monoisotopic (exact) mass is 814 g/mol. The van der Waals surface area contributed by atoms with Crippen LogP contribution in [0.4, 0.5) is 27.5 Å². The first-order valence-electron chi connectivity index (χ1n) is 15.0. The molecule has 2 amide bonds. The topological polar surface area (TPSA) is 283 Å². The molecule has 0 spiro atoms. The number of anilines is 4. The summed E-state index contributed by atoms with van der Waals surface area (Å²) < 4.78 is 122. The van der Waals surface area contributed by atoms with Crippen molar-refractivity contribution < 1.29 is 57.8 Å². The van der Waals surface area contributed by atoms with Gasteiger partial charge in [-0.15, -0.1) is 0 Å². The molecule has 0 aliphatic rings. The summed E-state index contributed by atoms with van der Waals surface area (Å²) in [5.74, 6) is -1.52. The highest BCUT2D eigenvalue weighted by molar-refractivity contribution is 7.93. The molecule has 0 saturated carbocycles. The van der Waals surface area contributed by atoms with E-state index in [1.165, 1.54) is 97.1 Å². The van der Waals surface area contributed by atoms with Gasteiger partial charge in [0.1, 0.15) is 21.3 Å². The van der Waals surface area contributed by atoms with Crippen LogP contribution in [-0.2, 0) is 40.3 Å². The van der Waals surface area contributed by atoms with E-state index in [0.717, 1.165) is 12.1 Å². The summed E-state index contributed by atoms with van der Waals surface area (Å²) in [5.41, 5.74) is 0.387. The average molecular weight is 815 g/mol. The number of carbonyl (C=O) groups is 1. The molecule has 6 aromatic rings. The van der Waals surface area contributed by atoms with E-state index >= 15 is 0 Å². The highest BCUT2D eigenvalue weighted by Gasteiger charge is 2.23. The quantitative estimate of drug-likeness (QED) is 0.0833. The number of aromatic hydroxyl groups is 2. The third-order valence-electron chi connectivity index (χ3n) is 7.88. The fourth-order valence-corrected chi connectivity index (χ4v) is 8.72. The van der Waals surface area contributed by atoms with E-state index in [0.29, 0.717) is 0 Å². The van der Waals surface area contributed by atoms with Crippen molar-refractivity contribution in [3.63, 3.8) is 0 Å². The molecular formula is C33H26N4O13S4. The Labute approximate surface area is 307 Å².